The van der Waals surface area contributed by atoms with E-state index in [1.54, 1.807) is 18.2 Å². The molecule has 0 aliphatic carbocycles. The predicted molar refractivity (Wildman–Crippen MR) is 96.7 cm³/mol. The molecule has 1 aliphatic rings. The van der Waals surface area contributed by atoms with Crippen LogP contribution < -0.4 is 5.32 Å². The molecule has 1 aliphatic heterocycles. The second-order valence-electron chi connectivity index (χ2n) is 6.13. The van der Waals surface area contributed by atoms with Gasteiger partial charge in [0.15, 0.2) is 0 Å². The van der Waals surface area contributed by atoms with Crippen LogP contribution in [-0.4, -0.2) is 31.7 Å². The van der Waals surface area contributed by atoms with Crippen molar-refractivity contribution in [1.82, 2.24) is 9.62 Å². The summed E-state index contributed by atoms with van der Waals surface area (Å²) in [4.78, 5) is 12.7. The molecule has 2 aromatic rings. The van der Waals surface area contributed by atoms with Gasteiger partial charge < -0.3 is 5.32 Å². The third-order valence-corrected chi connectivity index (χ3v) is 6.32. The summed E-state index contributed by atoms with van der Waals surface area (Å²) in [6.07, 6.45) is 2.77. The van der Waals surface area contributed by atoms with Crippen LogP contribution in [0.3, 0.4) is 0 Å². The van der Waals surface area contributed by atoms with Crippen LogP contribution in [0.25, 0.3) is 0 Å². The van der Waals surface area contributed by atoms with E-state index in [1.165, 1.54) is 10.4 Å². The van der Waals surface area contributed by atoms with Gasteiger partial charge in [0.2, 0.25) is 10.0 Å². The highest BCUT2D eigenvalue weighted by Crippen LogP contribution is 2.23. The van der Waals surface area contributed by atoms with E-state index in [4.69, 9.17) is 0 Å². The minimum Gasteiger partial charge on any atom is -0.348 e. The normalized spacial score (nSPS) is 15.7. The molecule has 1 amide bonds. The van der Waals surface area contributed by atoms with Crippen molar-refractivity contribution in [1.29, 1.82) is 0 Å². The Balaban J connectivity index is 1.81. The van der Waals surface area contributed by atoms with E-state index >= 15 is 0 Å². The highest BCUT2D eigenvalue weighted by Gasteiger charge is 2.29. The molecule has 1 saturated heterocycles. The van der Waals surface area contributed by atoms with E-state index in [0.29, 0.717) is 19.6 Å². The first-order valence-electron chi connectivity index (χ1n) is 8.50. The van der Waals surface area contributed by atoms with Crippen molar-refractivity contribution >= 4 is 15.9 Å². The van der Waals surface area contributed by atoms with Crippen LogP contribution in [0.4, 0.5) is 0 Å². The molecule has 0 radical (unpaired) electrons. The van der Waals surface area contributed by atoms with Gasteiger partial charge in [-0.1, -0.05) is 48.9 Å². The first-order valence-corrected chi connectivity index (χ1v) is 9.94. The largest absolute Gasteiger partial charge is 0.348 e. The Labute approximate surface area is 148 Å². The molecule has 1 heterocycles. The summed E-state index contributed by atoms with van der Waals surface area (Å²) in [6, 6.07) is 16.0. The Kier molecular flexibility index (Phi) is 5.50. The third kappa shape index (κ3) is 4.08. The fraction of sp³-hybridized carbons (Fsp3) is 0.316. The number of piperidine rings is 1. The predicted octanol–water partition coefficient (Wildman–Crippen LogP) is 2.79. The van der Waals surface area contributed by atoms with Crippen molar-refractivity contribution in [2.24, 2.45) is 0 Å². The van der Waals surface area contributed by atoms with Crippen molar-refractivity contribution in [3.8, 4) is 0 Å². The summed E-state index contributed by atoms with van der Waals surface area (Å²) in [5, 5.41) is 2.81. The van der Waals surface area contributed by atoms with Gasteiger partial charge >= 0.3 is 0 Å². The van der Waals surface area contributed by atoms with Gasteiger partial charge in [0.05, 0.1) is 10.5 Å². The molecule has 2 aromatic carbocycles. The summed E-state index contributed by atoms with van der Waals surface area (Å²) >= 11 is 0. The third-order valence-electron chi connectivity index (χ3n) is 4.36. The van der Waals surface area contributed by atoms with E-state index in [-0.39, 0.29) is 16.4 Å². The monoisotopic (exact) mass is 358 g/mol. The van der Waals surface area contributed by atoms with Gasteiger partial charge in [-0.3, -0.25) is 4.79 Å². The lowest BCUT2D eigenvalue weighted by molar-refractivity contribution is 0.0947. The Morgan fingerprint density at radius 2 is 1.56 bits per heavy atom. The van der Waals surface area contributed by atoms with E-state index in [9.17, 15) is 13.2 Å². The Hall–Kier alpha value is -2.18. The Bertz CT molecular complexity index is 829. The molecule has 1 fully saturated rings. The molecule has 1 N–H and O–H groups in total. The summed E-state index contributed by atoms with van der Waals surface area (Å²) < 4.78 is 27.4. The number of amides is 1. The van der Waals surface area contributed by atoms with E-state index in [1.807, 2.05) is 30.3 Å². The average molecular weight is 358 g/mol. The van der Waals surface area contributed by atoms with E-state index < -0.39 is 10.0 Å². The highest BCUT2D eigenvalue weighted by atomic mass is 32.2. The lowest BCUT2D eigenvalue weighted by Gasteiger charge is -2.26. The van der Waals surface area contributed by atoms with Crippen LogP contribution in [0.5, 0.6) is 0 Å². The zero-order chi connectivity index (χ0) is 17.7. The van der Waals surface area contributed by atoms with Gasteiger partial charge in [0.1, 0.15) is 0 Å². The fourth-order valence-corrected chi connectivity index (χ4v) is 4.70. The number of hydrogen-bond acceptors (Lipinski definition) is 3. The Morgan fingerprint density at radius 1 is 0.920 bits per heavy atom. The van der Waals surface area contributed by atoms with Gasteiger partial charge in [-0.2, -0.15) is 4.31 Å². The highest BCUT2D eigenvalue weighted by molar-refractivity contribution is 7.89. The van der Waals surface area contributed by atoms with Crippen molar-refractivity contribution in [2.75, 3.05) is 13.1 Å². The second-order valence-corrected chi connectivity index (χ2v) is 8.04. The van der Waals surface area contributed by atoms with Gasteiger partial charge in [-0.15, -0.1) is 0 Å². The summed E-state index contributed by atoms with van der Waals surface area (Å²) in [5.74, 6) is -0.375. The molecule has 6 heteroatoms. The molecule has 0 unspecified atom stereocenters. The number of hydrogen-bond donors (Lipinski definition) is 1. The molecule has 0 bridgehead atoms. The molecular formula is C19H22N2O3S. The van der Waals surface area contributed by atoms with Gasteiger partial charge in [0, 0.05) is 19.6 Å². The fourth-order valence-electron chi connectivity index (χ4n) is 3.00. The van der Waals surface area contributed by atoms with E-state index in [2.05, 4.69) is 5.32 Å². The maximum Gasteiger partial charge on any atom is 0.252 e. The van der Waals surface area contributed by atoms with E-state index in [0.717, 1.165) is 24.8 Å². The minimum absolute atomic E-state index is 0.0856. The van der Waals surface area contributed by atoms with Gasteiger partial charge in [-0.05, 0) is 30.5 Å². The number of carbonyl (C=O) groups is 1. The maximum absolute atomic E-state index is 12.9. The van der Waals surface area contributed by atoms with Crippen LogP contribution in [0, 0.1) is 0 Å². The number of carbonyl (C=O) groups excluding carboxylic acids is 1. The molecule has 0 saturated carbocycles. The minimum atomic E-state index is -3.65. The molecule has 132 valence electrons. The van der Waals surface area contributed by atoms with Crippen LogP contribution in [0.1, 0.15) is 35.2 Å². The lowest BCUT2D eigenvalue weighted by Crippen LogP contribution is -2.37. The van der Waals surface area contributed by atoms with Crippen molar-refractivity contribution in [2.45, 2.75) is 30.7 Å². The number of rotatable bonds is 5. The standard InChI is InChI=1S/C19H22N2O3S/c22-19(20-15-16-9-3-1-4-10-16)17-11-5-6-12-18(17)25(23,24)21-13-7-2-8-14-21/h1,3-6,9-12H,2,7-8,13-15H2,(H,20,22). The molecule has 0 aromatic heterocycles. The topological polar surface area (TPSA) is 66.5 Å². The Morgan fingerprint density at radius 3 is 2.28 bits per heavy atom. The molecule has 3 rings (SSSR count). The van der Waals surface area contributed by atoms with Gasteiger partial charge in [0.25, 0.3) is 5.91 Å². The number of benzene rings is 2. The average Bonchev–Trinajstić information content (AvgIpc) is 2.67. The number of nitrogens with one attached hydrogen (secondary N) is 1. The number of nitrogens with zero attached hydrogens (tertiary/aromatic N) is 1. The van der Waals surface area contributed by atoms with Crippen molar-refractivity contribution < 1.29 is 13.2 Å². The van der Waals surface area contributed by atoms with Crippen molar-refractivity contribution in [3.63, 3.8) is 0 Å². The van der Waals surface area contributed by atoms with Crippen molar-refractivity contribution in [3.05, 3.63) is 65.7 Å². The van der Waals surface area contributed by atoms with Gasteiger partial charge in [-0.25, -0.2) is 8.42 Å². The second kappa shape index (κ2) is 7.80. The SMILES string of the molecule is O=C(NCc1ccccc1)c1ccccc1S(=O)(=O)N1CCCCC1. The lowest BCUT2D eigenvalue weighted by atomic mass is 10.2. The quantitative estimate of drug-likeness (QED) is 0.894. The van der Waals surface area contributed by atoms with Crippen LogP contribution in [0.15, 0.2) is 59.5 Å². The first kappa shape index (κ1) is 17.6. The summed E-state index contributed by atoms with van der Waals surface area (Å²) in [6.45, 7) is 1.39. The molecular weight excluding hydrogens is 336 g/mol. The molecule has 0 spiro atoms. The summed E-state index contributed by atoms with van der Waals surface area (Å²) in [7, 11) is -3.65. The maximum atomic E-state index is 12.9. The summed E-state index contributed by atoms with van der Waals surface area (Å²) in [5.41, 5.74) is 1.16. The zero-order valence-corrected chi connectivity index (χ0v) is 14.8. The zero-order valence-electron chi connectivity index (χ0n) is 14.0. The van der Waals surface area contributed by atoms with Crippen LogP contribution in [-0.2, 0) is 16.6 Å². The first-order chi connectivity index (χ1) is 12.1. The number of sulfonamides is 1. The molecule has 25 heavy (non-hydrogen) atoms. The van der Waals surface area contributed by atoms with Crippen LogP contribution >= 0.6 is 0 Å². The smallest absolute Gasteiger partial charge is 0.252 e. The molecule has 0 atom stereocenters. The van der Waals surface area contributed by atoms with Crippen LogP contribution in [0.2, 0.25) is 0 Å². The molecule has 5 nitrogen and oxygen atoms in total.